The van der Waals surface area contributed by atoms with E-state index in [1.165, 1.54) is 31.3 Å². The third-order valence-electron chi connectivity index (χ3n) is 11.8. The normalized spacial score (nSPS) is 25.3. The molecule has 0 spiro atoms. The van der Waals surface area contributed by atoms with Gasteiger partial charge in [0.15, 0.2) is 17.3 Å². The van der Waals surface area contributed by atoms with E-state index in [1.54, 1.807) is 24.3 Å². The lowest BCUT2D eigenvalue weighted by molar-refractivity contribution is -0.141. The number of nitrogens with zero attached hydrogens (tertiary/aromatic N) is 3. The Bertz CT molecular complexity index is 2210. The van der Waals surface area contributed by atoms with E-state index >= 15 is 4.79 Å². The first-order valence-corrected chi connectivity index (χ1v) is 19.2. The van der Waals surface area contributed by atoms with E-state index in [4.69, 9.17) is 37.8 Å². The average Bonchev–Trinajstić information content (AvgIpc) is 3.55. The highest BCUT2D eigenvalue weighted by molar-refractivity contribution is 6.33. The number of aromatic hydroxyl groups is 1. The van der Waals surface area contributed by atoms with Crippen molar-refractivity contribution in [1.29, 1.82) is 0 Å². The van der Waals surface area contributed by atoms with E-state index in [2.05, 4.69) is 10.4 Å². The number of imide groups is 2. The zero-order valence-corrected chi connectivity index (χ0v) is 32.5. The Hall–Kier alpha value is -5.35. The molecule has 3 heterocycles. The number of nitrogens with one attached hydrogen (secondary N) is 1. The number of amides is 4. The second-order valence-electron chi connectivity index (χ2n) is 14.7. The molecule has 2 saturated heterocycles. The van der Waals surface area contributed by atoms with E-state index < -0.39 is 81.3 Å². The molecule has 3 fully saturated rings. The predicted molar refractivity (Wildman–Crippen MR) is 201 cm³/mol. The number of carboxylic acids is 1. The zero-order valence-electron chi connectivity index (χ0n) is 31.0. The number of hydrazine groups is 1. The van der Waals surface area contributed by atoms with Crippen LogP contribution >= 0.6 is 23.2 Å². The number of fused-ring (bicyclic) bond motifs is 4. The molecule has 7 rings (SSSR count). The van der Waals surface area contributed by atoms with E-state index in [9.17, 15) is 37.5 Å². The maximum atomic E-state index is 15.4. The molecule has 18 heteroatoms. The van der Waals surface area contributed by atoms with Crippen LogP contribution in [-0.2, 0) is 35.6 Å². The molecular weight excluding hydrogens is 808 g/mol. The molecule has 6 unspecified atom stereocenters. The number of halogens is 5. The first-order valence-electron chi connectivity index (χ1n) is 18.4. The van der Waals surface area contributed by atoms with Gasteiger partial charge in [0.2, 0.25) is 17.6 Å². The second kappa shape index (κ2) is 15.4. The number of carboxylic acid groups (broad SMARTS) is 1. The number of aromatic nitrogens is 1. The molecule has 3 N–H and O–H groups in total. The standard InChI is InChI=1S/C40H37Cl2F3N4O9/c1-57-28-14-19(15-29(58-2)33(28)52)32-23-11-12-24-31(37(55)48(35(24)53)13-5-3-4-6-30(50)51)25(23)17-26-36(54)49(38(56)39(26,32)20-7-9-22(41)10-8-20)47-34-27(42)16-21(18-46-34)40(43,44)45/h7-11,14-16,18,24-26,31-32,52H,3-6,12-13,17H2,1-2H3,(H,46,47)(H,50,51). The minimum Gasteiger partial charge on any atom is -0.502 e. The largest absolute Gasteiger partial charge is 0.502 e. The number of likely N-dealkylation sites (tertiary alicyclic amines) is 1. The fourth-order valence-electron chi connectivity index (χ4n) is 9.25. The summed E-state index contributed by atoms with van der Waals surface area (Å²) in [6.45, 7) is 0.0796. The van der Waals surface area contributed by atoms with Crippen LogP contribution in [0.4, 0.5) is 19.0 Å². The summed E-state index contributed by atoms with van der Waals surface area (Å²) in [7, 11) is 2.64. The predicted octanol–water partition coefficient (Wildman–Crippen LogP) is 6.76. The maximum absolute atomic E-state index is 15.4. The SMILES string of the molecule is COc1cc(C2C3=CCC4C(=O)N(CCCCCC(=O)O)C(=O)C4C3CC3C(=O)N(Nc4ncc(C(F)(F)F)cc4Cl)C(=O)C32c2ccc(Cl)cc2)cc(OC)c1O. The van der Waals surface area contributed by atoms with Crippen molar-refractivity contribution in [3.63, 3.8) is 0 Å². The van der Waals surface area contributed by atoms with Crippen molar-refractivity contribution >= 4 is 58.6 Å². The number of anilines is 1. The maximum Gasteiger partial charge on any atom is 0.417 e. The number of allylic oxidation sites excluding steroid dienone is 2. The van der Waals surface area contributed by atoms with Crippen molar-refractivity contribution < 1.29 is 56.8 Å². The number of phenols is 1. The summed E-state index contributed by atoms with van der Waals surface area (Å²) >= 11 is 12.6. The van der Waals surface area contributed by atoms with Gasteiger partial charge >= 0.3 is 12.1 Å². The fourth-order valence-corrected chi connectivity index (χ4v) is 9.58. The van der Waals surface area contributed by atoms with Crippen molar-refractivity contribution in [3.8, 4) is 17.2 Å². The molecule has 6 atom stereocenters. The number of hydrogen-bond donors (Lipinski definition) is 3. The summed E-state index contributed by atoms with van der Waals surface area (Å²) < 4.78 is 51.6. The summed E-state index contributed by atoms with van der Waals surface area (Å²) in [6.07, 6.45) is -1.24. The number of benzene rings is 2. The summed E-state index contributed by atoms with van der Waals surface area (Å²) in [5.41, 5.74) is 0.865. The highest BCUT2D eigenvalue weighted by Gasteiger charge is 2.70. The number of pyridine rings is 1. The van der Waals surface area contributed by atoms with Gasteiger partial charge in [0.1, 0.15) is 0 Å². The lowest BCUT2D eigenvalue weighted by atomic mass is 9.49. The molecule has 4 amide bonds. The number of alkyl halides is 3. The van der Waals surface area contributed by atoms with Gasteiger partial charge in [-0.15, -0.1) is 0 Å². The number of aliphatic carboxylic acids is 1. The number of ether oxygens (including phenoxy) is 2. The Kier molecular flexibility index (Phi) is 10.9. The van der Waals surface area contributed by atoms with Crippen LogP contribution < -0.4 is 14.9 Å². The molecule has 2 aromatic carbocycles. The molecule has 1 saturated carbocycles. The summed E-state index contributed by atoms with van der Waals surface area (Å²) in [5.74, 6) is -9.01. The first kappa shape index (κ1) is 40.8. The van der Waals surface area contributed by atoms with Gasteiger partial charge in [-0.25, -0.2) is 4.98 Å². The van der Waals surface area contributed by atoms with Gasteiger partial charge in [-0.2, -0.15) is 18.2 Å². The Morgan fingerprint density at radius 1 is 0.966 bits per heavy atom. The van der Waals surface area contributed by atoms with Gasteiger partial charge < -0.3 is 19.7 Å². The van der Waals surface area contributed by atoms with Gasteiger partial charge in [0.05, 0.1) is 48.0 Å². The van der Waals surface area contributed by atoms with Crippen LogP contribution in [0.15, 0.2) is 60.3 Å². The average molecular weight is 846 g/mol. The van der Waals surface area contributed by atoms with Crippen molar-refractivity contribution in [3.05, 3.63) is 87.0 Å². The molecule has 0 bridgehead atoms. The van der Waals surface area contributed by atoms with E-state index in [1.807, 2.05) is 6.08 Å². The lowest BCUT2D eigenvalue weighted by Gasteiger charge is -2.50. The van der Waals surface area contributed by atoms with Crippen molar-refractivity contribution in [1.82, 2.24) is 14.9 Å². The topological polar surface area (TPSA) is 176 Å². The van der Waals surface area contributed by atoms with Gasteiger partial charge in [0, 0.05) is 30.1 Å². The molecule has 3 aromatic rings. The third kappa shape index (κ3) is 6.69. The van der Waals surface area contributed by atoms with E-state index in [-0.39, 0.29) is 49.0 Å². The highest BCUT2D eigenvalue weighted by Crippen LogP contribution is 2.65. The summed E-state index contributed by atoms with van der Waals surface area (Å²) in [6, 6.07) is 9.90. The molecule has 0 radical (unpaired) electrons. The van der Waals surface area contributed by atoms with Gasteiger partial charge in [0.25, 0.3) is 11.8 Å². The Morgan fingerprint density at radius 3 is 2.24 bits per heavy atom. The number of rotatable bonds is 12. The molecule has 58 heavy (non-hydrogen) atoms. The molecule has 2 aliphatic heterocycles. The van der Waals surface area contributed by atoms with Gasteiger partial charge in [-0.1, -0.05) is 53.4 Å². The number of hydrogen-bond acceptors (Lipinski definition) is 10. The fraction of sp³-hybridized carbons (Fsp3) is 0.400. The molecular formula is C40H37Cl2F3N4O9. The molecule has 4 aliphatic rings. The quantitative estimate of drug-likeness (QED) is 0.0998. The van der Waals surface area contributed by atoms with Crippen LogP contribution in [0.25, 0.3) is 0 Å². The number of carbonyl (C=O) groups is 5. The zero-order chi connectivity index (χ0) is 41.8. The number of unbranched alkanes of at least 4 members (excludes halogenated alkanes) is 2. The first-order chi connectivity index (χ1) is 27.5. The van der Waals surface area contributed by atoms with Crippen LogP contribution in [0.1, 0.15) is 61.1 Å². The monoisotopic (exact) mass is 844 g/mol. The number of phenolic OH excluding ortho intramolecular Hbond substituents is 1. The minimum absolute atomic E-state index is 0.0257. The van der Waals surface area contributed by atoms with Crippen LogP contribution in [0.3, 0.4) is 0 Å². The Morgan fingerprint density at radius 2 is 1.64 bits per heavy atom. The van der Waals surface area contributed by atoms with Crippen molar-refractivity contribution in [2.45, 2.75) is 56.0 Å². The Balaban J connectivity index is 1.39. The molecule has 2 aliphatic carbocycles. The van der Waals surface area contributed by atoms with Crippen LogP contribution in [0.2, 0.25) is 10.0 Å². The minimum atomic E-state index is -4.78. The third-order valence-corrected chi connectivity index (χ3v) is 12.3. The number of carbonyl (C=O) groups excluding carboxylic acids is 4. The lowest BCUT2D eigenvalue weighted by Crippen LogP contribution is -2.53. The number of methoxy groups -OCH3 is 2. The molecule has 1 aromatic heterocycles. The van der Waals surface area contributed by atoms with Crippen molar-refractivity contribution in [2.75, 3.05) is 26.2 Å². The molecule has 306 valence electrons. The Labute approximate surface area is 339 Å². The van der Waals surface area contributed by atoms with Crippen LogP contribution in [-0.4, -0.2) is 75.5 Å². The van der Waals surface area contributed by atoms with Crippen LogP contribution in [0.5, 0.6) is 17.2 Å². The van der Waals surface area contributed by atoms with E-state index in [0.717, 1.165) is 0 Å². The smallest absolute Gasteiger partial charge is 0.417 e. The summed E-state index contributed by atoms with van der Waals surface area (Å²) in [5, 5.41) is 20.5. The van der Waals surface area contributed by atoms with Crippen molar-refractivity contribution in [2.24, 2.45) is 23.7 Å². The van der Waals surface area contributed by atoms with E-state index in [0.29, 0.717) is 58.3 Å². The summed E-state index contributed by atoms with van der Waals surface area (Å²) in [4.78, 5) is 74.5. The highest BCUT2D eigenvalue weighted by atomic mass is 35.5. The van der Waals surface area contributed by atoms with Gasteiger partial charge in [-0.3, -0.25) is 34.3 Å². The molecule has 13 nitrogen and oxygen atoms in total. The van der Waals surface area contributed by atoms with Crippen LogP contribution in [0, 0.1) is 23.7 Å². The second-order valence-corrected chi connectivity index (χ2v) is 15.6. The van der Waals surface area contributed by atoms with Gasteiger partial charge in [-0.05, 0) is 73.1 Å².